The fraction of sp³-hybridized carbons (Fsp3) is 0. The predicted octanol–water partition coefficient (Wildman–Crippen LogP) is 4.51. The van der Waals surface area contributed by atoms with Crippen molar-refractivity contribution in [1.82, 2.24) is 5.32 Å². The van der Waals surface area contributed by atoms with Gasteiger partial charge in [0.2, 0.25) is 0 Å². The molecule has 4 N–H and O–H groups in total. The quantitative estimate of drug-likeness (QED) is 0.435. The van der Waals surface area contributed by atoms with Crippen molar-refractivity contribution in [3.05, 3.63) is 81.8 Å². The molecule has 0 unspecified atom stereocenters. The van der Waals surface area contributed by atoms with E-state index >= 15 is 0 Å². The van der Waals surface area contributed by atoms with Gasteiger partial charge in [-0.15, -0.1) is 11.3 Å². The molecule has 0 atom stereocenters. The smallest absolute Gasteiger partial charge is 0.352 e. The highest BCUT2D eigenvalue weighted by Crippen LogP contribution is 2.33. The fourth-order valence-corrected chi connectivity index (χ4v) is 3.64. The molecule has 3 rings (SSSR count). The molecule has 3 aromatic rings. The van der Waals surface area contributed by atoms with Gasteiger partial charge in [-0.3, -0.25) is 4.79 Å². The van der Waals surface area contributed by atoms with Crippen LogP contribution in [0.3, 0.4) is 0 Å². The minimum Gasteiger partial charge on any atom is -0.477 e. The molecule has 1 aromatic heterocycles. The van der Waals surface area contributed by atoms with Crippen LogP contribution in [-0.4, -0.2) is 17.0 Å². The number of aliphatic carboxylic acids is 1. The molecule has 136 valence electrons. The Morgan fingerprint density at radius 1 is 1.04 bits per heavy atom. The SMILES string of the molecule is Nc1ccc(C(=O)N/C(=C\c2ccc(-c3ccccc3Cl)s2)C(=O)O)cc1. The zero-order chi connectivity index (χ0) is 19.4. The number of nitrogens with one attached hydrogen (secondary N) is 1. The Morgan fingerprint density at radius 2 is 1.74 bits per heavy atom. The van der Waals surface area contributed by atoms with E-state index in [0.29, 0.717) is 21.2 Å². The highest BCUT2D eigenvalue weighted by molar-refractivity contribution is 7.16. The summed E-state index contributed by atoms with van der Waals surface area (Å²) >= 11 is 7.58. The van der Waals surface area contributed by atoms with Crippen molar-refractivity contribution in [1.29, 1.82) is 0 Å². The Bertz CT molecular complexity index is 1030. The van der Waals surface area contributed by atoms with Gasteiger partial charge in [0.25, 0.3) is 5.91 Å². The van der Waals surface area contributed by atoms with Gasteiger partial charge in [-0.05, 0) is 48.5 Å². The molecule has 1 heterocycles. The molecule has 0 bridgehead atoms. The van der Waals surface area contributed by atoms with Crippen molar-refractivity contribution in [3.8, 4) is 10.4 Å². The highest BCUT2D eigenvalue weighted by Gasteiger charge is 2.14. The number of nitrogens with two attached hydrogens (primary N) is 1. The third-order valence-electron chi connectivity index (χ3n) is 3.70. The molecule has 0 aliphatic heterocycles. The largest absolute Gasteiger partial charge is 0.477 e. The van der Waals surface area contributed by atoms with Crippen LogP contribution >= 0.6 is 22.9 Å². The lowest BCUT2D eigenvalue weighted by molar-refractivity contribution is -0.132. The second kappa shape index (κ2) is 8.07. The van der Waals surface area contributed by atoms with Crippen LogP contribution in [0.4, 0.5) is 5.69 Å². The Balaban J connectivity index is 1.84. The maximum Gasteiger partial charge on any atom is 0.352 e. The molecule has 1 amide bonds. The van der Waals surface area contributed by atoms with Gasteiger partial charge in [0, 0.05) is 31.6 Å². The normalized spacial score (nSPS) is 11.2. The number of benzene rings is 2. The maximum atomic E-state index is 12.3. The molecule has 0 aliphatic rings. The zero-order valence-corrected chi connectivity index (χ0v) is 15.6. The average Bonchev–Trinajstić information content (AvgIpc) is 3.10. The molecule has 0 radical (unpaired) electrons. The summed E-state index contributed by atoms with van der Waals surface area (Å²) in [6.07, 6.45) is 1.42. The monoisotopic (exact) mass is 398 g/mol. The fourth-order valence-electron chi connectivity index (χ4n) is 2.36. The third-order valence-corrected chi connectivity index (χ3v) is 5.10. The summed E-state index contributed by atoms with van der Waals surface area (Å²) in [7, 11) is 0. The number of hydrogen-bond donors (Lipinski definition) is 3. The Labute approximate surface area is 164 Å². The third kappa shape index (κ3) is 4.55. The van der Waals surface area contributed by atoms with Crippen LogP contribution in [-0.2, 0) is 4.79 Å². The lowest BCUT2D eigenvalue weighted by Crippen LogP contribution is -2.27. The first-order valence-corrected chi connectivity index (χ1v) is 9.10. The standard InChI is InChI=1S/C20H15ClN2O3S/c21-16-4-2-1-3-15(16)18-10-9-14(27-18)11-17(20(25)26)23-19(24)12-5-7-13(22)8-6-12/h1-11H,22H2,(H,23,24)(H,25,26)/b17-11-. The molecule has 5 nitrogen and oxygen atoms in total. The summed E-state index contributed by atoms with van der Waals surface area (Å²) < 4.78 is 0. The van der Waals surface area contributed by atoms with Crippen molar-refractivity contribution < 1.29 is 14.7 Å². The van der Waals surface area contributed by atoms with E-state index in [2.05, 4.69) is 5.32 Å². The van der Waals surface area contributed by atoms with Crippen molar-refractivity contribution in [2.75, 3.05) is 5.73 Å². The lowest BCUT2D eigenvalue weighted by Gasteiger charge is -2.06. The molecule has 0 spiro atoms. The second-order valence-corrected chi connectivity index (χ2v) is 7.14. The predicted molar refractivity (Wildman–Crippen MR) is 109 cm³/mol. The van der Waals surface area contributed by atoms with Crippen molar-refractivity contribution >= 4 is 46.6 Å². The number of amides is 1. The van der Waals surface area contributed by atoms with Crippen LogP contribution in [0.2, 0.25) is 5.02 Å². The van der Waals surface area contributed by atoms with Crippen LogP contribution in [0.5, 0.6) is 0 Å². The Kier molecular flexibility index (Phi) is 5.59. The van der Waals surface area contributed by atoms with Crippen LogP contribution in [0.25, 0.3) is 16.5 Å². The van der Waals surface area contributed by atoms with Gasteiger partial charge in [0.15, 0.2) is 0 Å². The second-order valence-electron chi connectivity index (χ2n) is 5.62. The number of halogens is 1. The topological polar surface area (TPSA) is 92.4 Å². The van der Waals surface area contributed by atoms with Gasteiger partial charge in [-0.25, -0.2) is 4.79 Å². The first-order chi connectivity index (χ1) is 12.9. The van der Waals surface area contributed by atoms with Gasteiger partial charge in [0.05, 0.1) is 0 Å². The molecular weight excluding hydrogens is 384 g/mol. The van der Waals surface area contributed by atoms with E-state index in [4.69, 9.17) is 17.3 Å². The van der Waals surface area contributed by atoms with Crippen molar-refractivity contribution in [2.45, 2.75) is 0 Å². The number of carboxylic acid groups (broad SMARTS) is 1. The van der Waals surface area contributed by atoms with Crippen LogP contribution in [0.15, 0.2) is 66.4 Å². The minimum absolute atomic E-state index is 0.218. The molecule has 0 saturated heterocycles. The summed E-state index contributed by atoms with van der Waals surface area (Å²) in [6.45, 7) is 0. The Hall–Kier alpha value is -3.09. The van der Waals surface area contributed by atoms with Gasteiger partial charge < -0.3 is 16.2 Å². The van der Waals surface area contributed by atoms with E-state index in [9.17, 15) is 14.7 Å². The molecule has 7 heteroatoms. The number of carbonyl (C=O) groups excluding carboxylic acids is 1. The van der Waals surface area contributed by atoms with E-state index in [1.165, 1.54) is 29.5 Å². The van der Waals surface area contributed by atoms with Crippen molar-refractivity contribution in [3.63, 3.8) is 0 Å². The van der Waals surface area contributed by atoms with Crippen molar-refractivity contribution in [2.24, 2.45) is 0 Å². The summed E-state index contributed by atoms with van der Waals surface area (Å²) in [5.41, 5.74) is 7.08. The summed E-state index contributed by atoms with van der Waals surface area (Å²) in [4.78, 5) is 25.4. The minimum atomic E-state index is -1.23. The van der Waals surface area contributed by atoms with Gasteiger partial charge in [-0.1, -0.05) is 29.8 Å². The van der Waals surface area contributed by atoms with E-state index in [1.54, 1.807) is 24.3 Å². The molecule has 0 saturated carbocycles. The number of thiophene rings is 1. The number of anilines is 1. The number of hydrogen-bond acceptors (Lipinski definition) is 4. The van der Waals surface area contributed by atoms with Gasteiger partial charge in [-0.2, -0.15) is 0 Å². The van der Waals surface area contributed by atoms with E-state index in [0.717, 1.165) is 10.4 Å². The first-order valence-electron chi connectivity index (χ1n) is 7.90. The molecular formula is C20H15ClN2O3S. The molecule has 2 aromatic carbocycles. The average molecular weight is 399 g/mol. The van der Waals surface area contributed by atoms with E-state index < -0.39 is 11.9 Å². The lowest BCUT2D eigenvalue weighted by atomic mass is 10.2. The van der Waals surface area contributed by atoms with Gasteiger partial charge >= 0.3 is 5.97 Å². The van der Waals surface area contributed by atoms with E-state index in [-0.39, 0.29) is 5.70 Å². The molecule has 27 heavy (non-hydrogen) atoms. The van der Waals surface area contributed by atoms with E-state index in [1.807, 2.05) is 24.3 Å². The number of rotatable bonds is 5. The molecule has 0 aliphatic carbocycles. The van der Waals surface area contributed by atoms with Crippen LogP contribution < -0.4 is 11.1 Å². The van der Waals surface area contributed by atoms with Crippen LogP contribution in [0, 0.1) is 0 Å². The highest BCUT2D eigenvalue weighted by atomic mass is 35.5. The first kappa shape index (κ1) is 18.7. The summed E-state index contributed by atoms with van der Waals surface area (Å²) in [5, 5.41) is 12.5. The summed E-state index contributed by atoms with van der Waals surface area (Å²) in [6, 6.07) is 17.3. The number of carbonyl (C=O) groups is 2. The van der Waals surface area contributed by atoms with Crippen LogP contribution in [0.1, 0.15) is 15.2 Å². The number of carboxylic acids is 1. The number of nitrogen functional groups attached to an aromatic ring is 1. The summed E-state index contributed by atoms with van der Waals surface area (Å²) in [5.74, 6) is -1.75. The van der Waals surface area contributed by atoms with Gasteiger partial charge in [0.1, 0.15) is 5.70 Å². The molecule has 0 fully saturated rings. The Morgan fingerprint density at radius 3 is 2.41 bits per heavy atom. The zero-order valence-electron chi connectivity index (χ0n) is 14.0. The maximum absolute atomic E-state index is 12.3.